The summed E-state index contributed by atoms with van der Waals surface area (Å²) in [7, 11) is 0. The molecule has 1 saturated carbocycles. The van der Waals surface area contributed by atoms with Crippen molar-refractivity contribution in [3.63, 3.8) is 0 Å². The fraction of sp³-hybridized carbons (Fsp3) is 0.667. The summed E-state index contributed by atoms with van der Waals surface area (Å²) in [6.45, 7) is 5.33. The smallest absolute Gasteiger partial charge is 0.222 e. The van der Waals surface area contributed by atoms with Crippen LogP contribution in [0.15, 0.2) is 30.3 Å². The van der Waals surface area contributed by atoms with E-state index < -0.39 is 0 Å². The molecule has 1 aromatic carbocycles. The van der Waals surface area contributed by atoms with Crippen LogP contribution < -0.4 is 0 Å². The van der Waals surface area contributed by atoms with E-state index in [1.54, 1.807) is 0 Å². The van der Waals surface area contributed by atoms with E-state index in [1.807, 2.05) is 6.92 Å². The summed E-state index contributed by atoms with van der Waals surface area (Å²) in [5, 5.41) is 0. The van der Waals surface area contributed by atoms with Crippen molar-refractivity contribution in [1.82, 2.24) is 9.80 Å². The SMILES string of the molecule is CCC(=O)N(CCc1ccccc1)[C@@H]1CCCC[C@H]1N1CCCC1. The van der Waals surface area contributed by atoms with Crippen molar-refractivity contribution in [3.05, 3.63) is 35.9 Å². The van der Waals surface area contributed by atoms with Crippen LogP contribution in [0.2, 0.25) is 0 Å². The highest BCUT2D eigenvalue weighted by Gasteiger charge is 2.36. The average molecular weight is 329 g/mol. The van der Waals surface area contributed by atoms with Crippen LogP contribution in [0.3, 0.4) is 0 Å². The van der Waals surface area contributed by atoms with Crippen LogP contribution in [0.1, 0.15) is 57.4 Å². The number of amides is 1. The van der Waals surface area contributed by atoms with Crippen LogP contribution in [0.5, 0.6) is 0 Å². The lowest BCUT2D eigenvalue weighted by Gasteiger charge is -2.44. The first-order valence-corrected chi connectivity index (χ1v) is 9.87. The molecule has 132 valence electrons. The minimum absolute atomic E-state index is 0.335. The fourth-order valence-electron chi connectivity index (χ4n) is 4.53. The molecule has 1 amide bonds. The summed E-state index contributed by atoms with van der Waals surface area (Å²) in [6, 6.07) is 11.6. The maximum Gasteiger partial charge on any atom is 0.222 e. The van der Waals surface area contributed by atoms with Crippen LogP contribution in [0, 0.1) is 0 Å². The molecule has 1 aliphatic heterocycles. The van der Waals surface area contributed by atoms with E-state index in [-0.39, 0.29) is 0 Å². The number of hydrogen-bond acceptors (Lipinski definition) is 2. The predicted molar refractivity (Wildman–Crippen MR) is 99.0 cm³/mol. The van der Waals surface area contributed by atoms with Gasteiger partial charge in [0, 0.05) is 25.0 Å². The molecule has 2 atom stereocenters. The van der Waals surface area contributed by atoms with Crippen molar-refractivity contribution in [1.29, 1.82) is 0 Å². The zero-order valence-electron chi connectivity index (χ0n) is 15.1. The van der Waals surface area contributed by atoms with Crippen molar-refractivity contribution < 1.29 is 4.79 Å². The molecule has 3 nitrogen and oxygen atoms in total. The third-order valence-electron chi connectivity index (χ3n) is 5.81. The summed E-state index contributed by atoms with van der Waals surface area (Å²) in [4.78, 5) is 17.6. The van der Waals surface area contributed by atoms with Gasteiger partial charge in [0.25, 0.3) is 0 Å². The van der Waals surface area contributed by atoms with Crippen molar-refractivity contribution >= 4 is 5.91 Å². The minimum Gasteiger partial charge on any atom is -0.338 e. The van der Waals surface area contributed by atoms with Gasteiger partial charge in [-0.25, -0.2) is 0 Å². The highest BCUT2D eigenvalue weighted by Crippen LogP contribution is 2.30. The number of benzene rings is 1. The lowest BCUT2D eigenvalue weighted by molar-refractivity contribution is -0.135. The Morgan fingerprint density at radius 2 is 1.79 bits per heavy atom. The Hall–Kier alpha value is -1.35. The molecule has 2 aliphatic rings. The van der Waals surface area contributed by atoms with Gasteiger partial charge >= 0.3 is 0 Å². The molecule has 24 heavy (non-hydrogen) atoms. The summed E-state index contributed by atoms with van der Waals surface area (Å²) in [5.41, 5.74) is 1.33. The Bertz CT molecular complexity index is 510. The van der Waals surface area contributed by atoms with Gasteiger partial charge < -0.3 is 4.90 Å². The topological polar surface area (TPSA) is 23.6 Å². The molecule has 3 rings (SSSR count). The molecule has 0 bridgehead atoms. The van der Waals surface area contributed by atoms with Crippen LogP contribution in [-0.4, -0.2) is 47.4 Å². The van der Waals surface area contributed by atoms with E-state index in [1.165, 1.54) is 57.2 Å². The Kier molecular flexibility index (Phi) is 6.30. The normalized spacial score (nSPS) is 24.9. The van der Waals surface area contributed by atoms with E-state index in [0.29, 0.717) is 24.4 Å². The first kappa shape index (κ1) is 17.5. The quantitative estimate of drug-likeness (QED) is 0.791. The van der Waals surface area contributed by atoms with E-state index in [4.69, 9.17) is 0 Å². The number of carbonyl (C=O) groups excluding carboxylic acids is 1. The third-order valence-corrected chi connectivity index (χ3v) is 5.81. The molecular formula is C21H32N2O. The molecule has 0 spiro atoms. The minimum atomic E-state index is 0.335. The highest BCUT2D eigenvalue weighted by molar-refractivity contribution is 5.76. The number of hydrogen-bond donors (Lipinski definition) is 0. The molecule has 1 saturated heterocycles. The summed E-state index contributed by atoms with van der Waals surface area (Å²) in [5.74, 6) is 0.335. The molecular weight excluding hydrogens is 296 g/mol. The van der Waals surface area contributed by atoms with Crippen LogP contribution >= 0.6 is 0 Å². The van der Waals surface area contributed by atoms with Crippen molar-refractivity contribution in [3.8, 4) is 0 Å². The predicted octanol–water partition coefficient (Wildman–Crippen LogP) is 3.87. The van der Waals surface area contributed by atoms with E-state index in [2.05, 4.69) is 40.1 Å². The molecule has 1 heterocycles. The van der Waals surface area contributed by atoms with Gasteiger partial charge in [-0.2, -0.15) is 0 Å². The van der Waals surface area contributed by atoms with Crippen LogP contribution in [0.25, 0.3) is 0 Å². The first-order valence-electron chi connectivity index (χ1n) is 9.87. The van der Waals surface area contributed by atoms with Crippen LogP contribution in [-0.2, 0) is 11.2 Å². The molecule has 0 radical (unpaired) electrons. The molecule has 0 N–H and O–H groups in total. The Balaban J connectivity index is 1.71. The monoisotopic (exact) mass is 328 g/mol. The number of rotatable bonds is 6. The molecule has 3 heteroatoms. The van der Waals surface area contributed by atoms with Crippen molar-refractivity contribution in [2.24, 2.45) is 0 Å². The standard InChI is InChI=1S/C21H32N2O/c1-2-21(24)23(17-14-18-10-4-3-5-11-18)20-13-7-6-12-19(20)22-15-8-9-16-22/h3-5,10-11,19-20H,2,6-9,12-17H2,1H3/t19-,20-/m1/s1. The number of nitrogens with zero attached hydrogens (tertiary/aromatic N) is 2. The molecule has 2 fully saturated rings. The van der Waals surface area contributed by atoms with E-state index in [9.17, 15) is 4.79 Å². The van der Waals surface area contributed by atoms with Crippen molar-refractivity contribution in [2.75, 3.05) is 19.6 Å². The highest BCUT2D eigenvalue weighted by atomic mass is 16.2. The van der Waals surface area contributed by atoms with E-state index >= 15 is 0 Å². The second-order valence-corrected chi connectivity index (χ2v) is 7.34. The summed E-state index contributed by atoms with van der Waals surface area (Å²) in [6.07, 6.45) is 9.29. The molecule has 1 aliphatic carbocycles. The zero-order valence-corrected chi connectivity index (χ0v) is 15.1. The lowest BCUT2D eigenvalue weighted by atomic mass is 9.87. The van der Waals surface area contributed by atoms with Crippen molar-refractivity contribution in [2.45, 2.75) is 70.4 Å². The second kappa shape index (κ2) is 8.66. The lowest BCUT2D eigenvalue weighted by Crippen LogP contribution is -2.54. The second-order valence-electron chi connectivity index (χ2n) is 7.34. The fourth-order valence-corrected chi connectivity index (χ4v) is 4.53. The van der Waals surface area contributed by atoms with Gasteiger partial charge in [-0.1, -0.05) is 50.1 Å². The van der Waals surface area contributed by atoms with Gasteiger partial charge in [0.2, 0.25) is 5.91 Å². The number of likely N-dealkylation sites (tertiary alicyclic amines) is 1. The molecule has 1 aromatic rings. The number of carbonyl (C=O) groups is 1. The summed E-state index contributed by atoms with van der Waals surface area (Å²) < 4.78 is 0. The van der Waals surface area contributed by atoms with Gasteiger partial charge in [0.1, 0.15) is 0 Å². The Labute approximate surface area is 147 Å². The van der Waals surface area contributed by atoms with E-state index in [0.717, 1.165) is 13.0 Å². The third kappa shape index (κ3) is 4.18. The zero-order chi connectivity index (χ0) is 16.8. The Morgan fingerprint density at radius 1 is 1.08 bits per heavy atom. The van der Waals surface area contributed by atoms with Crippen LogP contribution in [0.4, 0.5) is 0 Å². The van der Waals surface area contributed by atoms with Gasteiger partial charge in [-0.15, -0.1) is 0 Å². The maximum absolute atomic E-state index is 12.7. The maximum atomic E-state index is 12.7. The first-order chi connectivity index (χ1) is 11.8. The van der Waals surface area contributed by atoms with Gasteiger partial charge in [-0.3, -0.25) is 9.69 Å². The summed E-state index contributed by atoms with van der Waals surface area (Å²) >= 11 is 0. The molecule has 0 aromatic heterocycles. The largest absolute Gasteiger partial charge is 0.338 e. The van der Waals surface area contributed by atoms with Gasteiger partial charge in [0.05, 0.1) is 0 Å². The van der Waals surface area contributed by atoms with Gasteiger partial charge in [-0.05, 0) is 50.8 Å². The average Bonchev–Trinajstić information content (AvgIpc) is 3.17. The van der Waals surface area contributed by atoms with Gasteiger partial charge in [0.15, 0.2) is 0 Å². The molecule has 0 unspecified atom stereocenters. The Morgan fingerprint density at radius 3 is 2.50 bits per heavy atom.